The average molecular weight is 362 g/mol. The number of hydrogen-bond acceptors (Lipinski definition) is 5. The van der Waals surface area contributed by atoms with Gasteiger partial charge in [0.25, 0.3) is 5.69 Å². The van der Waals surface area contributed by atoms with Crippen molar-refractivity contribution in [1.29, 1.82) is 0 Å². The van der Waals surface area contributed by atoms with E-state index >= 15 is 0 Å². The third-order valence-electron chi connectivity index (χ3n) is 4.44. The quantitative estimate of drug-likeness (QED) is 0.277. The first-order valence-corrected chi connectivity index (χ1v) is 9.07. The molecule has 27 heavy (non-hydrogen) atoms. The zero-order chi connectivity index (χ0) is 19.2. The second-order valence-corrected chi connectivity index (χ2v) is 6.20. The Morgan fingerprint density at radius 2 is 1.63 bits per heavy atom. The van der Waals surface area contributed by atoms with E-state index in [0.29, 0.717) is 16.5 Å². The van der Waals surface area contributed by atoms with Gasteiger partial charge >= 0.3 is 0 Å². The summed E-state index contributed by atoms with van der Waals surface area (Å²) in [5.74, 6) is 0. The molecule has 138 valence electrons. The van der Waals surface area contributed by atoms with Gasteiger partial charge in [0.2, 0.25) is 0 Å². The molecule has 6 heteroatoms. The number of nitro benzene ring substituents is 1. The van der Waals surface area contributed by atoms with Gasteiger partial charge in [-0.2, -0.15) is 5.11 Å². The van der Waals surface area contributed by atoms with Gasteiger partial charge in [0.15, 0.2) is 0 Å². The van der Waals surface area contributed by atoms with Gasteiger partial charge in [0, 0.05) is 30.2 Å². The van der Waals surface area contributed by atoms with E-state index in [0.717, 1.165) is 25.2 Å². The van der Waals surface area contributed by atoms with Crippen LogP contribution in [0.15, 0.2) is 70.9 Å². The molecule has 0 atom stereocenters. The van der Waals surface area contributed by atoms with Crippen LogP contribution in [0.25, 0.3) is 10.8 Å². The predicted molar refractivity (Wildman–Crippen MR) is 109 cm³/mol. The normalized spacial score (nSPS) is 11.2. The van der Waals surface area contributed by atoms with Crippen molar-refractivity contribution in [2.24, 2.45) is 10.2 Å². The number of azo groups is 1. The molecule has 3 aromatic rings. The van der Waals surface area contributed by atoms with Gasteiger partial charge in [-0.3, -0.25) is 10.1 Å². The van der Waals surface area contributed by atoms with E-state index in [1.165, 1.54) is 11.8 Å². The van der Waals surface area contributed by atoms with Crippen LogP contribution in [-0.4, -0.2) is 18.0 Å². The summed E-state index contributed by atoms with van der Waals surface area (Å²) in [6.45, 7) is 6.29. The molecule has 0 radical (unpaired) electrons. The molecule has 0 aromatic heterocycles. The summed E-state index contributed by atoms with van der Waals surface area (Å²) in [6, 6.07) is 18.2. The number of non-ortho nitro benzene ring substituents is 1. The summed E-state index contributed by atoms with van der Waals surface area (Å²) in [5, 5.41) is 21.1. The van der Waals surface area contributed by atoms with Crippen LogP contribution >= 0.6 is 0 Å². The Labute approximate surface area is 158 Å². The molecular formula is C21H22N4O2. The maximum Gasteiger partial charge on any atom is 0.277 e. The second-order valence-electron chi connectivity index (χ2n) is 6.20. The van der Waals surface area contributed by atoms with Crippen molar-refractivity contribution >= 4 is 33.5 Å². The SMILES string of the molecule is CCCN(CC)c1ccc(N=Nc2ccc([N+](=O)[O-])c3ccccc23)cc1. The van der Waals surface area contributed by atoms with Gasteiger partial charge in [0.1, 0.15) is 0 Å². The van der Waals surface area contributed by atoms with Crippen molar-refractivity contribution in [2.45, 2.75) is 20.3 Å². The van der Waals surface area contributed by atoms with Gasteiger partial charge in [0.05, 0.1) is 21.7 Å². The lowest BCUT2D eigenvalue weighted by molar-refractivity contribution is -0.383. The Balaban J connectivity index is 1.88. The zero-order valence-electron chi connectivity index (χ0n) is 15.5. The lowest BCUT2D eigenvalue weighted by atomic mass is 10.1. The zero-order valence-corrected chi connectivity index (χ0v) is 15.5. The molecule has 0 fully saturated rings. The number of benzene rings is 3. The van der Waals surface area contributed by atoms with Crippen molar-refractivity contribution in [3.8, 4) is 0 Å². The Hall–Kier alpha value is -3.28. The van der Waals surface area contributed by atoms with Crippen LogP contribution in [0.4, 0.5) is 22.7 Å². The van der Waals surface area contributed by atoms with Gasteiger partial charge in [-0.05, 0) is 49.7 Å². The van der Waals surface area contributed by atoms with E-state index in [4.69, 9.17) is 0 Å². The van der Waals surface area contributed by atoms with Crippen molar-refractivity contribution in [3.63, 3.8) is 0 Å². The summed E-state index contributed by atoms with van der Waals surface area (Å²) in [7, 11) is 0. The Bertz CT molecular complexity index is 968. The number of nitrogens with zero attached hydrogens (tertiary/aromatic N) is 4. The molecule has 0 aliphatic heterocycles. The highest BCUT2D eigenvalue weighted by Crippen LogP contribution is 2.34. The molecule has 0 spiro atoms. The number of nitro groups is 1. The van der Waals surface area contributed by atoms with Crippen LogP contribution in [0.1, 0.15) is 20.3 Å². The minimum Gasteiger partial charge on any atom is -0.372 e. The monoisotopic (exact) mass is 362 g/mol. The first kappa shape index (κ1) is 18.5. The summed E-state index contributed by atoms with van der Waals surface area (Å²) in [5.41, 5.74) is 2.60. The third kappa shape index (κ3) is 4.11. The van der Waals surface area contributed by atoms with Crippen molar-refractivity contribution in [1.82, 2.24) is 0 Å². The van der Waals surface area contributed by atoms with Crippen LogP contribution in [0.3, 0.4) is 0 Å². The minimum absolute atomic E-state index is 0.0736. The fourth-order valence-electron chi connectivity index (χ4n) is 3.10. The molecule has 0 aliphatic carbocycles. The van der Waals surface area contributed by atoms with E-state index < -0.39 is 0 Å². The van der Waals surface area contributed by atoms with E-state index in [1.807, 2.05) is 36.4 Å². The highest BCUT2D eigenvalue weighted by Gasteiger charge is 2.13. The van der Waals surface area contributed by atoms with Crippen LogP contribution in [0.2, 0.25) is 0 Å². The van der Waals surface area contributed by atoms with E-state index in [-0.39, 0.29) is 10.6 Å². The van der Waals surface area contributed by atoms with Crippen LogP contribution < -0.4 is 4.90 Å². The first-order chi connectivity index (χ1) is 13.1. The molecule has 0 amide bonds. The fourth-order valence-corrected chi connectivity index (χ4v) is 3.10. The predicted octanol–water partition coefficient (Wildman–Crippen LogP) is 6.40. The molecule has 0 heterocycles. The van der Waals surface area contributed by atoms with Crippen molar-refractivity contribution < 1.29 is 4.92 Å². The van der Waals surface area contributed by atoms with Gasteiger partial charge < -0.3 is 4.90 Å². The summed E-state index contributed by atoms with van der Waals surface area (Å²) in [4.78, 5) is 13.1. The maximum atomic E-state index is 11.2. The van der Waals surface area contributed by atoms with Crippen LogP contribution in [0.5, 0.6) is 0 Å². The minimum atomic E-state index is -0.377. The molecular weight excluding hydrogens is 340 g/mol. The standard InChI is InChI=1S/C21H22N4O2/c1-3-15-24(4-2)17-11-9-16(10-12-17)22-23-20-13-14-21(25(26)27)19-8-6-5-7-18(19)20/h5-14H,3-4,15H2,1-2H3. The Kier molecular flexibility index (Phi) is 5.76. The topological polar surface area (TPSA) is 71.1 Å². The van der Waals surface area contributed by atoms with E-state index in [2.05, 4.69) is 29.0 Å². The third-order valence-corrected chi connectivity index (χ3v) is 4.44. The molecule has 0 unspecified atom stereocenters. The first-order valence-electron chi connectivity index (χ1n) is 9.07. The van der Waals surface area contributed by atoms with E-state index in [9.17, 15) is 10.1 Å². The number of rotatable bonds is 7. The highest BCUT2D eigenvalue weighted by molar-refractivity contribution is 5.98. The van der Waals surface area contributed by atoms with Gasteiger partial charge in [-0.25, -0.2) is 0 Å². The lowest BCUT2D eigenvalue weighted by Gasteiger charge is -2.22. The lowest BCUT2D eigenvalue weighted by Crippen LogP contribution is -2.23. The number of hydrogen-bond donors (Lipinski definition) is 0. The summed E-state index contributed by atoms with van der Waals surface area (Å²) in [6.07, 6.45) is 1.10. The highest BCUT2D eigenvalue weighted by atomic mass is 16.6. The van der Waals surface area contributed by atoms with Crippen molar-refractivity contribution in [3.05, 3.63) is 70.8 Å². The largest absolute Gasteiger partial charge is 0.372 e. The van der Waals surface area contributed by atoms with Crippen LogP contribution in [-0.2, 0) is 0 Å². The molecule has 0 bridgehead atoms. The molecule has 6 nitrogen and oxygen atoms in total. The summed E-state index contributed by atoms with van der Waals surface area (Å²) < 4.78 is 0. The average Bonchev–Trinajstić information content (AvgIpc) is 2.70. The number of anilines is 1. The molecule has 0 aliphatic rings. The van der Waals surface area contributed by atoms with E-state index in [1.54, 1.807) is 18.2 Å². The fraction of sp³-hybridized carbons (Fsp3) is 0.238. The van der Waals surface area contributed by atoms with Crippen LogP contribution in [0, 0.1) is 10.1 Å². The second kappa shape index (κ2) is 8.40. The smallest absolute Gasteiger partial charge is 0.277 e. The Morgan fingerprint density at radius 1 is 0.926 bits per heavy atom. The van der Waals surface area contributed by atoms with Crippen molar-refractivity contribution in [2.75, 3.05) is 18.0 Å². The summed E-state index contributed by atoms with van der Waals surface area (Å²) >= 11 is 0. The molecule has 3 aromatic carbocycles. The molecule has 0 saturated carbocycles. The molecule has 0 N–H and O–H groups in total. The number of fused-ring (bicyclic) bond motifs is 1. The maximum absolute atomic E-state index is 11.2. The Morgan fingerprint density at radius 3 is 2.26 bits per heavy atom. The van der Waals surface area contributed by atoms with Gasteiger partial charge in [-0.1, -0.05) is 25.1 Å². The van der Waals surface area contributed by atoms with Gasteiger partial charge in [-0.15, -0.1) is 5.11 Å². The molecule has 0 saturated heterocycles. The molecule has 3 rings (SSSR count).